The van der Waals surface area contributed by atoms with Crippen LogP contribution >= 0.6 is 0 Å². The minimum Gasteiger partial charge on any atom is -0.476 e. The Kier molecular flexibility index (Phi) is 7.13. The van der Waals surface area contributed by atoms with Crippen LogP contribution in [0.15, 0.2) is 6.33 Å². The van der Waals surface area contributed by atoms with Gasteiger partial charge in [-0.15, -0.1) is 6.42 Å². The third-order valence-electron chi connectivity index (χ3n) is 5.83. The first-order chi connectivity index (χ1) is 14.9. The molecule has 31 heavy (non-hydrogen) atoms. The van der Waals surface area contributed by atoms with Gasteiger partial charge < -0.3 is 18.8 Å². The highest BCUT2D eigenvalue weighted by molar-refractivity contribution is 5.91. The van der Waals surface area contributed by atoms with E-state index in [0.29, 0.717) is 30.1 Å². The van der Waals surface area contributed by atoms with Crippen molar-refractivity contribution in [2.75, 3.05) is 25.8 Å². The summed E-state index contributed by atoms with van der Waals surface area (Å²) in [5.41, 5.74) is 0.745. The summed E-state index contributed by atoms with van der Waals surface area (Å²) in [5.74, 6) is 3.15. The van der Waals surface area contributed by atoms with Crippen molar-refractivity contribution in [1.82, 2.24) is 19.5 Å². The maximum atomic E-state index is 12.2. The number of terminal acetylenes is 1. The summed E-state index contributed by atoms with van der Waals surface area (Å²) in [6, 6.07) is 0.0286. The van der Waals surface area contributed by atoms with Gasteiger partial charge in [-0.1, -0.05) is 26.7 Å². The molecule has 168 valence electrons. The van der Waals surface area contributed by atoms with Gasteiger partial charge in [0.25, 0.3) is 0 Å². The lowest BCUT2D eigenvalue weighted by Crippen LogP contribution is -2.30. The second-order valence-electron chi connectivity index (χ2n) is 8.06. The first-order valence-electron chi connectivity index (χ1n) is 10.7. The number of hydrogen-bond acceptors (Lipinski definition) is 7. The largest absolute Gasteiger partial charge is 0.476 e. The van der Waals surface area contributed by atoms with Crippen molar-refractivity contribution in [3.05, 3.63) is 6.33 Å². The van der Waals surface area contributed by atoms with Gasteiger partial charge in [0.1, 0.15) is 6.79 Å². The van der Waals surface area contributed by atoms with Crippen LogP contribution in [0.3, 0.4) is 0 Å². The first-order valence-corrected chi connectivity index (χ1v) is 10.7. The molecule has 1 aliphatic rings. The number of nitrogens with zero attached hydrogens (tertiary/aromatic N) is 4. The molecule has 0 aromatic carbocycles. The van der Waals surface area contributed by atoms with Crippen molar-refractivity contribution >= 4 is 23.0 Å². The number of amides is 1. The van der Waals surface area contributed by atoms with Crippen LogP contribution in [0.5, 0.6) is 5.88 Å². The molecule has 9 heteroatoms. The van der Waals surface area contributed by atoms with Gasteiger partial charge >= 0.3 is 0 Å². The van der Waals surface area contributed by atoms with E-state index >= 15 is 0 Å². The van der Waals surface area contributed by atoms with Crippen LogP contribution in [0.25, 0.3) is 11.2 Å². The lowest BCUT2D eigenvalue weighted by atomic mass is 9.82. The number of methoxy groups -OCH3 is 1. The second-order valence-corrected chi connectivity index (χ2v) is 8.06. The number of carbonyl (C=O) groups excluding carboxylic acids is 1. The predicted molar refractivity (Wildman–Crippen MR) is 117 cm³/mol. The standard InChI is InChI=1S/C22H31N5O4/c1-7-22(8-2)11-15(10-16(22)31-13-29-6)27-12-23-17-18(27)24-21(25-19(28)14(4)5)26-20(17)30-9-3/h1,12,14-16H,8-11,13H2,2-6H3,(H,24,25,26,28)/t15-,16-,22-/m0/s1. The number of fused-ring (bicyclic) bond motifs is 1. The lowest BCUT2D eigenvalue weighted by Gasteiger charge is -2.28. The van der Waals surface area contributed by atoms with E-state index in [1.54, 1.807) is 13.4 Å². The summed E-state index contributed by atoms with van der Waals surface area (Å²) in [6.07, 6.45) is 9.76. The molecule has 2 aromatic heterocycles. The quantitative estimate of drug-likeness (QED) is 0.483. The Bertz CT molecular complexity index is 967. The van der Waals surface area contributed by atoms with Gasteiger partial charge in [-0.2, -0.15) is 9.97 Å². The second kappa shape index (κ2) is 9.62. The molecule has 2 heterocycles. The van der Waals surface area contributed by atoms with Gasteiger partial charge in [0.05, 0.1) is 24.5 Å². The molecule has 9 nitrogen and oxygen atoms in total. The van der Waals surface area contributed by atoms with Crippen molar-refractivity contribution < 1.29 is 19.0 Å². The number of ether oxygens (including phenoxy) is 3. The van der Waals surface area contributed by atoms with Crippen molar-refractivity contribution in [1.29, 1.82) is 0 Å². The Hall–Kier alpha value is -2.70. The van der Waals surface area contributed by atoms with E-state index in [1.807, 2.05) is 25.3 Å². The third kappa shape index (κ3) is 4.50. The van der Waals surface area contributed by atoms with Gasteiger partial charge in [-0.05, 0) is 26.2 Å². The molecule has 1 saturated carbocycles. The van der Waals surface area contributed by atoms with Gasteiger partial charge in [-0.3, -0.25) is 10.1 Å². The molecule has 1 amide bonds. The summed E-state index contributed by atoms with van der Waals surface area (Å²) < 4.78 is 18.7. The van der Waals surface area contributed by atoms with Crippen molar-refractivity contribution in [2.24, 2.45) is 11.3 Å². The molecule has 0 radical (unpaired) electrons. The Morgan fingerprint density at radius 2 is 2.19 bits per heavy atom. The van der Waals surface area contributed by atoms with Gasteiger partial charge in [0, 0.05) is 19.1 Å². The fourth-order valence-electron chi connectivity index (χ4n) is 4.03. The van der Waals surface area contributed by atoms with Crippen molar-refractivity contribution in [3.63, 3.8) is 0 Å². The molecule has 0 saturated heterocycles. The molecular formula is C22H31N5O4. The molecular weight excluding hydrogens is 398 g/mol. The van der Waals surface area contributed by atoms with Gasteiger partial charge in [0.15, 0.2) is 11.2 Å². The predicted octanol–water partition coefficient (Wildman–Crippen LogP) is 3.17. The Morgan fingerprint density at radius 3 is 2.81 bits per heavy atom. The van der Waals surface area contributed by atoms with Crippen LogP contribution in [-0.2, 0) is 14.3 Å². The molecule has 1 aliphatic carbocycles. The molecule has 3 rings (SSSR count). The van der Waals surface area contributed by atoms with Gasteiger partial charge in [-0.25, -0.2) is 4.98 Å². The minimum atomic E-state index is -0.399. The van der Waals surface area contributed by atoms with E-state index in [4.69, 9.17) is 20.6 Å². The molecule has 0 unspecified atom stereocenters. The topological polar surface area (TPSA) is 100 Å². The zero-order valence-electron chi connectivity index (χ0n) is 18.8. The average Bonchev–Trinajstić information content (AvgIpc) is 3.34. The summed E-state index contributed by atoms with van der Waals surface area (Å²) in [5, 5.41) is 2.76. The van der Waals surface area contributed by atoms with Gasteiger partial charge in [0.2, 0.25) is 17.7 Å². The van der Waals surface area contributed by atoms with Crippen LogP contribution in [0.1, 0.15) is 53.0 Å². The summed E-state index contributed by atoms with van der Waals surface area (Å²) >= 11 is 0. The number of aromatic nitrogens is 4. The normalized spacial score (nSPS) is 23.3. The number of anilines is 1. The van der Waals surface area contributed by atoms with Crippen molar-refractivity contribution in [2.45, 2.75) is 59.1 Å². The highest BCUT2D eigenvalue weighted by atomic mass is 16.7. The smallest absolute Gasteiger partial charge is 0.247 e. The van der Waals surface area contributed by atoms with E-state index < -0.39 is 5.41 Å². The zero-order chi connectivity index (χ0) is 22.6. The highest BCUT2D eigenvalue weighted by Gasteiger charge is 2.47. The van der Waals surface area contributed by atoms with Crippen molar-refractivity contribution in [3.8, 4) is 18.2 Å². The van der Waals surface area contributed by atoms with Crippen LogP contribution in [0, 0.1) is 23.7 Å². The fraction of sp³-hybridized carbons (Fsp3) is 0.636. The molecule has 0 aliphatic heterocycles. The van der Waals surface area contributed by atoms with E-state index in [1.165, 1.54) is 0 Å². The van der Waals surface area contributed by atoms with Crippen LogP contribution in [0.4, 0.5) is 5.95 Å². The van der Waals surface area contributed by atoms with E-state index in [0.717, 1.165) is 12.8 Å². The maximum absolute atomic E-state index is 12.2. The van der Waals surface area contributed by atoms with Crippen LogP contribution in [0.2, 0.25) is 0 Å². The summed E-state index contributed by atoms with van der Waals surface area (Å²) in [7, 11) is 1.60. The monoisotopic (exact) mass is 429 g/mol. The summed E-state index contributed by atoms with van der Waals surface area (Å²) in [6.45, 7) is 8.17. The molecule has 0 spiro atoms. The number of nitrogens with one attached hydrogen (secondary N) is 1. The van der Waals surface area contributed by atoms with E-state index in [-0.39, 0.29) is 36.7 Å². The minimum absolute atomic E-state index is 0.0286. The summed E-state index contributed by atoms with van der Waals surface area (Å²) in [4.78, 5) is 25.7. The van der Waals surface area contributed by atoms with E-state index in [9.17, 15) is 4.79 Å². The van der Waals surface area contributed by atoms with E-state index in [2.05, 4.69) is 33.1 Å². The number of carbonyl (C=O) groups is 1. The molecule has 1 fully saturated rings. The lowest BCUT2D eigenvalue weighted by molar-refractivity contribution is -0.118. The molecule has 0 bridgehead atoms. The highest BCUT2D eigenvalue weighted by Crippen LogP contribution is 2.48. The maximum Gasteiger partial charge on any atom is 0.247 e. The Labute approximate surface area is 182 Å². The number of imidazole rings is 1. The number of rotatable bonds is 9. The number of hydrogen-bond donors (Lipinski definition) is 1. The fourth-order valence-corrected chi connectivity index (χ4v) is 4.03. The van der Waals surface area contributed by atoms with Crippen LogP contribution < -0.4 is 10.1 Å². The zero-order valence-corrected chi connectivity index (χ0v) is 18.8. The molecule has 2 aromatic rings. The first kappa shape index (κ1) is 23.0. The molecule has 1 N–H and O–H groups in total. The molecule has 3 atom stereocenters. The Balaban J connectivity index is 2.01. The Morgan fingerprint density at radius 1 is 1.42 bits per heavy atom. The third-order valence-corrected chi connectivity index (χ3v) is 5.83. The SMILES string of the molecule is C#C[C@]1(CC)C[C@@H](n2cnc3c(OCC)nc(NC(=O)C(C)C)nc32)C[C@@H]1OCOC. The average molecular weight is 430 g/mol. The van der Waals surface area contributed by atoms with Crippen LogP contribution in [-0.4, -0.2) is 52.0 Å².